The van der Waals surface area contributed by atoms with Crippen LogP contribution in [0.4, 0.5) is 10.8 Å². The largest absolute Gasteiger partial charge is 0.497 e. The number of ketones is 1. The average molecular weight is 446 g/mol. The summed E-state index contributed by atoms with van der Waals surface area (Å²) < 4.78 is 32.0. The highest BCUT2D eigenvalue weighted by atomic mass is 32.2. The van der Waals surface area contributed by atoms with Gasteiger partial charge in [-0.25, -0.2) is 13.4 Å². The number of carbonyl (C=O) groups is 2. The molecule has 1 amide bonds. The molecule has 2 N–H and O–H groups in total. The van der Waals surface area contributed by atoms with Gasteiger partial charge >= 0.3 is 0 Å². The minimum atomic E-state index is -3.75. The third-order valence-corrected chi connectivity index (χ3v) is 6.27. The van der Waals surface area contributed by atoms with Crippen molar-refractivity contribution < 1.29 is 22.7 Å². The average Bonchev–Trinajstić information content (AvgIpc) is 3.25. The smallest absolute Gasteiger partial charge is 0.263 e. The molecule has 30 heavy (non-hydrogen) atoms. The van der Waals surface area contributed by atoms with Crippen LogP contribution in [0.3, 0.4) is 0 Å². The second-order valence-corrected chi connectivity index (χ2v) is 8.74. The van der Waals surface area contributed by atoms with Crippen molar-refractivity contribution >= 4 is 43.9 Å². The molecule has 0 saturated carbocycles. The van der Waals surface area contributed by atoms with E-state index in [9.17, 15) is 18.0 Å². The van der Waals surface area contributed by atoms with Crippen molar-refractivity contribution in [2.75, 3.05) is 17.1 Å². The van der Waals surface area contributed by atoms with Crippen molar-refractivity contribution in [2.24, 2.45) is 0 Å². The van der Waals surface area contributed by atoms with Gasteiger partial charge in [0.05, 0.1) is 12.0 Å². The van der Waals surface area contributed by atoms with Crippen molar-refractivity contribution in [3.63, 3.8) is 0 Å². The molecule has 156 valence electrons. The number of Topliss-reactive ketones (excluding diaryl/α,β-unsaturated/α-hetero) is 1. The van der Waals surface area contributed by atoms with Gasteiger partial charge in [-0.3, -0.25) is 14.3 Å². The van der Waals surface area contributed by atoms with Crippen molar-refractivity contribution in [3.05, 3.63) is 65.7 Å². The van der Waals surface area contributed by atoms with Crippen LogP contribution < -0.4 is 14.8 Å². The molecule has 0 aliphatic carbocycles. The lowest BCUT2D eigenvalue weighted by Gasteiger charge is -2.08. The van der Waals surface area contributed by atoms with E-state index in [1.54, 1.807) is 36.8 Å². The molecule has 0 radical (unpaired) electrons. The first kappa shape index (κ1) is 21.5. The van der Waals surface area contributed by atoms with Gasteiger partial charge in [-0.05, 0) is 48.5 Å². The summed E-state index contributed by atoms with van der Waals surface area (Å²) in [5.41, 5.74) is 0.941. The van der Waals surface area contributed by atoms with Crippen LogP contribution in [0.25, 0.3) is 0 Å². The second kappa shape index (κ2) is 9.51. The standard InChI is InChI=1S/C20H19N3O5S2/c1-28-16-6-2-14(3-7-16)18(24)10-11-19(25)22-15-4-8-17(9-5-15)30(26,27)23-20-21-12-13-29-20/h2-9,12-13H,10-11H2,1H3,(H,21,23)(H,22,25). The Morgan fingerprint density at radius 2 is 1.73 bits per heavy atom. The van der Waals surface area contributed by atoms with Gasteiger partial charge in [0, 0.05) is 35.7 Å². The highest BCUT2D eigenvalue weighted by Crippen LogP contribution is 2.20. The van der Waals surface area contributed by atoms with E-state index in [1.165, 1.54) is 41.8 Å². The second-order valence-electron chi connectivity index (χ2n) is 6.17. The molecule has 3 rings (SSSR count). The summed E-state index contributed by atoms with van der Waals surface area (Å²) >= 11 is 1.17. The number of hydrogen-bond acceptors (Lipinski definition) is 7. The monoisotopic (exact) mass is 445 g/mol. The Balaban J connectivity index is 1.53. The van der Waals surface area contributed by atoms with Crippen LogP contribution in [0.5, 0.6) is 5.75 Å². The van der Waals surface area contributed by atoms with Gasteiger partial charge in [-0.15, -0.1) is 11.3 Å². The van der Waals surface area contributed by atoms with Gasteiger partial charge in [0.15, 0.2) is 10.9 Å². The summed E-state index contributed by atoms with van der Waals surface area (Å²) in [4.78, 5) is 28.2. The van der Waals surface area contributed by atoms with Gasteiger partial charge in [-0.2, -0.15) is 0 Å². The molecule has 10 heteroatoms. The zero-order valence-electron chi connectivity index (χ0n) is 16.0. The topological polar surface area (TPSA) is 114 Å². The van der Waals surface area contributed by atoms with Crippen LogP contribution >= 0.6 is 11.3 Å². The van der Waals surface area contributed by atoms with Crippen LogP contribution in [0.15, 0.2) is 65.0 Å². The number of sulfonamides is 1. The number of ether oxygens (including phenoxy) is 1. The highest BCUT2D eigenvalue weighted by molar-refractivity contribution is 7.93. The fourth-order valence-corrected chi connectivity index (χ4v) is 4.33. The molecule has 1 aromatic heterocycles. The Bertz CT molecular complexity index is 1110. The quantitative estimate of drug-likeness (QED) is 0.487. The number of methoxy groups -OCH3 is 1. The fraction of sp³-hybridized carbons (Fsp3) is 0.150. The molecular weight excluding hydrogens is 426 g/mol. The van der Waals surface area contributed by atoms with Gasteiger partial charge < -0.3 is 10.1 Å². The van der Waals surface area contributed by atoms with E-state index in [0.29, 0.717) is 17.0 Å². The molecule has 0 spiro atoms. The summed E-state index contributed by atoms with van der Waals surface area (Å²) in [6.07, 6.45) is 1.57. The Labute approximate surface area is 178 Å². The van der Waals surface area contributed by atoms with Crippen molar-refractivity contribution in [2.45, 2.75) is 17.7 Å². The maximum absolute atomic E-state index is 12.3. The molecule has 0 fully saturated rings. The number of amides is 1. The lowest BCUT2D eigenvalue weighted by molar-refractivity contribution is -0.116. The molecular formula is C20H19N3O5S2. The van der Waals surface area contributed by atoms with Crippen molar-refractivity contribution in [1.29, 1.82) is 0 Å². The maximum atomic E-state index is 12.3. The molecule has 0 unspecified atom stereocenters. The third kappa shape index (κ3) is 5.65. The van der Waals surface area contributed by atoms with E-state index in [1.807, 2.05) is 0 Å². The van der Waals surface area contributed by atoms with Crippen LogP contribution in [-0.2, 0) is 14.8 Å². The number of nitrogens with zero attached hydrogens (tertiary/aromatic N) is 1. The summed E-state index contributed by atoms with van der Waals surface area (Å²) in [6, 6.07) is 12.4. The minimum Gasteiger partial charge on any atom is -0.497 e. The van der Waals surface area contributed by atoms with Crippen molar-refractivity contribution in [1.82, 2.24) is 4.98 Å². The number of carbonyl (C=O) groups excluding carboxylic acids is 2. The number of benzene rings is 2. The van der Waals surface area contributed by atoms with Crippen LogP contribution in [0.2, 0.25) is 0 Å². The fourth-order valence-electron chi connectivity index (χ4n) is 2.54. The zero-order valence-corrected chi connectivity index (χ0v) is 17.6. The van der Waals surface area contributed by atoms with Gasteiger partial charge in [0.1, 0.15) is 5.75 Å². The Morgan fingerprint density at radius 3 is 2.33 bits per heavy atom. The lowest BCUT2D eigenvalue weighted by Crippen LogP contribution is -2.15. The molecule has 0 bridgehead atoms. The summed E-state index contributed by atoms with van der Waals surface area (Å²) in [5.74, 6) is 0.160. The first-order chi connectivity index (χ1) is 14.4. The normalized spacial score (nSPS) is 11.0. The molecule has 0 saturated heterocycles. The van der Waals surface area contributed by atoms with E-state index >= 15 is 0 Å². The predicted molar refractivity (Wildman–Crippen MR) is 115 cm³/mol. The van der Waals surface area contributed by atoms with Gasteiger partial charge in [-0.1, -0.05) is 0 Å². The summed E-state index contributed by atoms with van der Waals surface area (Å²) in [7, 11) is -2.21. The first-order valence-electron chi connectivity index (χ1n) is 8.87. The van der Waals surface area contributed by atoms with E-state index in [2.05, 4.69) is 15.0 Å². The van der Waals surface area contributed by atoms with E-state index in [4.69, 9.17) is 4.74 Å². The van der Waals surface area contributed by atoms with Crippen molar-refractivity contribution in [3.8, 4) is 5.75 Å². The minimum absolute atomic E-state index is 0.0104. The Morgan fingerprint density at radius 1 is 1.03 bits per heavy atom. The molecule has 3 aromatic rings. The van der Waals surface area contributed by atoms with E-state index < -0.39 is 10.0 Å². The number of aromatic nitrogens is 1. The van der Waals surface area contributed by atoms with Gasteiger partial charge in [0.2, 0.25) is 5.91 Å². The molecule has 0 aliphatic rings. The SMILES string of the molecule is COc1ccc(C(=O)CCC(=O)Nc2ccc(S(=O)(=O)Nc3nccs3)cc2)cc1. The third-order valence-electron chi connectivity index (χ3n) is 4.09. The highest BCUT2D eigenvalue weighted by Gasteiger charge is 2.16. The predicted octanol–water partition coefficient (Wildman–Crippen LogP) is 3.55. The van der Waals surface area contributed by atoms with Gasteiger partial charge in [0.25, 0.3) is 10.0 Å². The summed E-state index contributed by atoms with van der Waals surface area (Å²) in [5, 5.41) is 4.59. The Hall–Kier alpha value is -3.24. The summed E-state index contributed by atoms with van der Waals surface area (Å²) in [6.45, 7) is 0. The first-order valence-corrected chi connectivity index (χ1v) is 11.2. The number of rotatable bonds is 9. The molecule has 1 heterocycles. The van der Waals surface area contributed by atoms with E-state index in [-0.39, 0.29) is 34.6 Å². The van der Waals surface area contributed by atoms with Crippen LogP contribution in [-0.4, -0.2) is 32.2 Å². The number of thiazole rings is 1. The number of anilines is 2. The van der Waals surface area contributed by atoms with E-state index in [0.717, 1.165) is 0 Å². The molecule has 0 aliphatic heterocycles. The number of hydrogen-bond donors (Lipinski definition) is 2. The maximum Gasteiger partial charge on any atom is 0.263 e. The van der Waals surface area contributed by atoms with Crippen LogP contribution in [0.1, 0.15) is 23.2 Å². The molecule has 8 nitrogen and oxygen atoms in total. The molecule has 0 atom stereocenters. The number of nitrogens with one attached hydrogen (secondary N) is 2. The van der Waals surface area contributed by atoms with Crippen LogP contribution in [0, 0.1) is 0 Å². The Kier molecular flexibility index (Phi) is 6.80. The molecule has 2 aromatic carbocycles. The lowest BCUT2D eigenvalue weighted by atomic mass is 10.1. The zero-order chi connectivity index (χ0) is 21.6.